The fourth-order valence-corrected chi connectivity index (χ4v) is 3.44. The Bertz CT molecular complexity index is 953. The number of nitrogens with one attached hydrogen (secondary N) is 1. The summed E-state index contributed by atoms with van der Waals surface area (Å²) in [5.41, 5.74) is 1.18. The van der Waals surface area contributed by atoms with Crippen molar-refractivity contribution in [2.24, 2.45) is 0 Å². The molecule has 0 atom stereocenters. The Morgan fingerprint density at radius 3 is 2.77 bits per heavy atom. The van der Waals surface area contributed by atoms with E-state index < -0.39 is 11.6 Å². The number of halogens is 2. The summed E-state index contributed by atoms with van der Waals surface area (Å²) in [6.45, 7) is 3.31. The molecule has 1 aromatic heterocycles. The third-order valence-electron chi connectivity index (χ3n) is 4.74. The van der Waals surface area contributed by atoms with Crippen LogP contribution in [0.15, 0.2) is 42.6 Å². The van der Waals surface area contributed by atoms with Crippen LogP contribution in [0.25, 0.3) is 21.9 Å². The minimum absolute atomic E-state index is 0.344. The molecule has 0 bridgehead atoms. The van der Waals surface area contributed by atoms with Crippen LogP contribution in [0.4, 0.5) is 14.6 Å². The number of nitrogens with zero attached hydrogens (tertiary/aromatic N) is 2. The van der Waals surface area contributed by atoms with Crippen LogP contribution in [-0.4, -0.2) is 36.3 Å². The SMILES string of the molecule is Oc1ccc(-c2cnc(N3CCCNCC3)c3c(F)cccc23)cc1F. The first-order valence-electron chi connectivity index (χ1n) is 8.67. The van der Waals surface area contributed by atoms with Crippen LogP contribution in [0.1, 0.15) is 6.42 Å². The molecule has 3 aromatic rings. The van der Waals surface area contributed by atoms with Gasteiger partial charge >= 0.3 is 0 Å². The molecule has 134 valence electrons. The summed E-state index contributed by atoms with van der Waals surface area (Å²) in [6.07, 6.45) is 2.61. The van der Waals surface area contributed by atoms with E-state index in [1.54, 1.807) is 18.3 Å². The second-order valence-electron chi connectivity index (χ2n) is 6.41. The van der Waals surface area contributed by atoms with Gasteiger partial charge in [0, 0.05) is 31.4 Å². The molecular formula is C20H19F2N3O. The van der Waals surface area contributed by atoms with Gasteiger partial charge < -0.3 is 15.3 Å². The molecule has 1 aliphatic heterocycles. The Kier molecular flexibility index (Phi) is 4.42. The van der Waals surface area contributed by atoms with E-state index >= 15 is 0 Å². The molecular weight excluding hydrogens is 336 g/mol. The number of benzene rings is 2. The number of phenols is 1. The van der Waals surface area contributed by atoms with E-state index in [1.807, 2.05) is 6.07 Å². The van der Waals surface area contributed by atoms with Crippen LogP contribution in [0.3, 0.4) is 0 Å². The molecule has 0 unspecified atom stereocenters. The van der Waals surface area contributed by atoms with E-state index in [0.717, 1.165) is 32.6 Å². The lowest BCUT2D eigenvalue weighted by molar-refractivity contribution is 0.432. The Morgan fingerprint density at radius 2 is 1.92 bits per heavy atom. The number of anilines is 1. The molecule has 4 rings (SSSR count). The summed E-state index contributed by atoms with van der Waals surface area (Å²) < 4.78 is 28.5. The fourth-order valence-electron chi connectivity index (χ4n) is 3.44. The van der Waals surface area contributed by atoms with Gasteiger partial charge in [-0.25, -0.2) is 13.8 Å². The van der Waals surface area contributed by atoms with Crippen molar-refractivity contribution < 1.29 is 13.9 Å². The molecule has 0 spiro atoms. The minimum atomic E-state index is -0.713. The van der Waals surface area contributed by atoms with E-state index in [0.29, 0.717) is 27.7 Å². The quantitative estimate of drug-likeness (QED) is 0.736. The van der Waals surface area contributed by atoms with Crippen molar-refractivity contribution in [3.8, 4) is 16.9 Å². The van der Waals surface area contributed by atoms with Gasteiger partial charge in [-0.3, -0.25) is 0 Å². The lowest BCUT2D eigenvalue weighted by Gasteiger charge is -2.23. The molecule has 0 saturated carbocycles. The van der Waals surface area contributed by atoms with Crippen LogP contribution in [-0.2, 0) is 0 Å². The van der Waals surface area contributed by atoms with Crippen molar-refractivity contribution in [2.45, 2.75) is 6.42 Å². The van der Waals surface area contributed by atoms with Crippen LogP contribution in [0, 0.1) is 11.6 Å². The average molecular weight is 355 g/mol. The molecule has 26 heavy (non-hydrogen) atoms. The highest BCUT2D eigenvalue weighted by Crippen LogP contribution is 2.36. The van der Waals surface area contributed by atoms with Gasteiger partial charge in [-0.1, -0.05) is 18.2 Å². The number of rotatable bonds is 2. The van der Waals surface area contributed by atoms with Crippen LogP contribution >= 0.6 is 0 Å². The van der Waals surface area contributed by atoms with Crippen molar-refractivity contribution in [2.75, 3.05) is 31.1 Å². The number of phenolic OH excluding ortho intramolecular Hbond substituents is 1. The lowest BCUT2D eigenvalue weighted by Crippen LogP contribution is -2.28. The molecule has 0 radical (unpaired) electrons. The standard InChI is InChI=1S/C20H19F2N3O/c21-16-4-1-3-14-15(13-5-6-18(26)17(22)11-13)12-24-20(19(14)16)25-9-2-7-23-8-10-25/h1,3-6,11-12,23,26H,2,7-10H2. The first-order chi connectivity index (χ1) is 12.6. The summed E-state index contributed by atoms with van der Waals surface area (Å²) in [4.78, 5) is 6.62. The smallest absolute Gasteiger partial charge is 0.165 e. The maximum Gasteiger partial charge on any atom is 0.165 e. The second-order valence-corrected chi connectivity index (χ2v) is 6.41. The van der Waals surface area contributed by atoms with Crippen LogP contribution in [0.2, 0.25) is 0 Å². The fraction of sp³-hybridized carbons (Fsp3) is 0.250. The Morgan fingerprint density at radius 1 is 1.04 bits per heavy atom. The summed E-state index contributed by atoms with van der Waals surface area (Å²) in [5.74, 6) is -0.853. The number of hydrogen-bond donors (Lipinski definition) is 2. The number of aromatic hydroxyl groups is 1. The van der Waals surface area contributed by atoms with Gasteiger partial charge in [-0.05, 0) is 42.1 Å². The molecule has 6 heteroatoms. The Balaban J connectivity index is 1.90. The highest BCUT2D eigenvalue weighted by molar-refractivity contribution is 6.02. The Labute approximate surface area is 150 Å². The highest BCUT2D eigenvalue weighted by atomic mass is 19.1. The molecule has 2 heterocycles. The van der Waals surface area contributed by atoms with Crippen molar-refractivity contribution in [1.82, 2.24) is 10.3 Å². The summed E-state index contributed by atoms with van der Waals surface area (Å²) in [7, 11) is 0. The predicted molar refractivity (Wildman–Crippen MR) is 98.5 cm³/mol. The maximum atomic E-state index is 14.7. The van der Waals surface area contributed by atoms with Gasteiger partial charge in [-0.15, -0.1) is 0 Å². The van der Waals surface area contributed by atoms with Crippen molar-refractivity contribution in [1.29, 1.82) is 0 Å². The summed E-state index contributed by atoms with van der Waals surface area (Å²) >= 11 is 0. The molecule has 1 aliphatic rings. The molecule has 1 saturated heterocycles. The Hall–Kier alpha value is -2.73. The van der Waals surface area contributed by atoms with Crippen molar-refractivity contribution in [3.05, 3.63) is 54.2 Å². The van der Waals surface area contributed by atoms with Crippen molar-refractivity contribution >= 4 is 16.6 Å². The number of hydrogen-bond acceptors (Lipinski definition) is 4. The monoisotopic (exact) mass is 355 g/mol. The van der Waals surface area contributed by atoms with E-state index in [9.17, 15) is 13.9 Å². The maximum absolute atomic E-state index is 14.7. The minimum Gasteiger partial charge on any atom is -0.505 e. The molecule has 2 aromatic carbocycles. The van der Waals surface area contributed by atoms with Crippen molar-refractivity contribution in [3.63, 3.8) is 0 Å². The first kappa shape index (κ1) is 16.7. The topological polar surface area (TPSA) is 48.4 Å². The zero-order chi connectivity index (χ0) is 18.1. The number of fused-ring (bicyclic) bond motifs is 1. The zero-order valence-corrected chi connectivity index (χ0v) is 14.2. The highest BCUT2D eigenvalue weighted by Gasteiger charge is 2.19. The van der Waals surface area contributed by atoms with Crippen LogP contribution in [0.5, 0.6) is 5.75 Å². The number of pyridine rings is 1. The van der Waals surface area contributed by atoms with Gasteiger partial charge in [0.25, 0.3) is 0 Å². The van der Waals surface area contributed by atoms with E-state index in [2.05, 4.69) is 15.2 Å². The third kappa shape index (κ3) is 2.97. The normalized spacial score (nSPS) is 15.2. The van der Waals surface area contributed by atoms with Crippen LogP contribution < -0.4 is 10.2 Å². The van der Waals surface area contributed by atoms with Gasteiger partial charge in [0.1, 0.15) is 11.6 Å². The van der Waals surface area contributed by atoms with E-state index in [4.69, 9.17) is 0 Å². The molecule has 1 fully saturated rings. The zero-order valence-electron chi connectivity index (χ0n) is 14.2. The molecule has 2 N–H and O–H groups in total. The molecule has 0 aliphatic carbocycles. The third-order valence-corrected chi connectivity index (χ3v) is 4.74. The van der Waals surface area contributed by atoms with Gasteiger partial charge in [0.05, 0.1) is 5.39 Å². The van der Waals surface area contributed by atoms with Gasteiger partial charge in [0.15, 0.2) is 11.6 Å². The molecule has 0 amide bonds. The van der Waals surface area contributed by atoms with Gasteiger partial charge in [0.2, 0.25) is 0 Å². The average Bonchev–Trinajstić information content (AvgIpc) is 2.93. The largest absolute Gasteiger partial charge is 0.505 e. The second kappa shape index (κ2) is 6.88. The van der Waals surface area contributed by atoms with E-state index in [-0.39, 0.29) is 5.82 Å². The summed E-state index contributed by atoms with van der Waals surface area (Å²) in [5, 5.41) is 13.9. The lowest BCUT2D eigenvalue weighted by atomic mass is 9.99. The molecule has 4 nitrogen and oxygen atoms in total. The van der Waals surface area contributed by atoms with E-state index in [1.165, 1.54) is 18.2 Å². The predicted octanol–water partition coefficient (Wildman–Crippen LogP) is 3.69. The van der Waals surface area contributed by atoms with Gasteiger partial charge in [-0.2, -0.15) is 0 Å². The number of aromatic nitrogens is 1. The first-order valence-corrected chi connectivity index (χ1v) is 8.67. The summed E-state index contributed by atoms with van der Waals surface area (Å²) in [6, 6.07) is 9.03.